The zero-order valence-corrected chi connectivity index (χ0v) is 10.0. The molecule has 84 valence electrons. The van der Waals surface area contributed by atoms with Gasteiger partial charge in [0.2, 0.25) is 0 Å². The van der Waals surface area contributed by atoms with E-state index in [9.17, 15) is 4.79 Å². The van der Waals surface area contributed by atoms with E-state index in [1.165, 1.54) is 0 Å². The molecule has 1 aromatic rings. The molecule has 0 aliphatic rings. The molecule has 1 atom stereocenters. The number of nitrogens with zero attached hydrogens (tertiary/aromatic N) is 1. The van der Waals surface area contributed by atoms with Crippen LogP contribution in [0.5, 0.6) is 0 Å². The summed E-state index contributed by atoms with van der Waals surface area (Å²) in [7, 11) is 0. The Hall–Kier alpha value is -1.12. The minimum atomic E-state index is -0.0264. The van der Waals surface area contributed by atoms with Gasteiger partial charge in [-0.05, 0) is 24.7 Å². The Labute approximate surface area is 91.0 Å². The molecule has 0 saturated carbocycles. The number of hydrogen-bond donors (Lipinski definition) is 1. The summed E-state index contributed by atoms with van der Waals surface area (Å²) in [4.78, 5) is 18.8. The fourth-order valence-electron chi connectivity index (χ4n) is 1.44. The van der Waals surface area contributed by atoms with Crippen molar-refractivity contribution >= 4 is 0 Å². The van der Waals surface area contributed by atoms with Crippen molar-refractivity contribution in [2.75, 3.05) is 0 Å². The van der Waals surface area contributed by atoms with E-state index >= 15 is 0 Å². The molecule has 0 amide bonds. The summed E-state index contributed by atoms with van der Waals surface area (Å²) in [6, 6.07) is 0. The van der Waals surface area contributed by atoms with E-state index in [2.05, 4.69) is 37.7 Å². The minimum absolute atomic E-state index is 0.0264. The van der Waals surface area contributed by atoms with Gasteiger partial charge in [0.05, 0.1) is 0 Å². The third-order valence-electron chi connectivity index (χ3n) is 2.62. The standard InChI is InChI=1S/C12H20N2O/c1-5-9(4)11-7-13-10(6-8(2)3)12(15)14-11/h7-9H,5-6H2,1-4H3,(H,14,15)/t9-/m1/s1. The van der Waals surface area contributed by atoms with Crippen LogP contribution in [0.1, 0.15) is 51.4 Å². The summed E-state index contributed by atoms with van der Waals surface area (Å²) in [5.41, 5.74) is 1.56. The molecule has 1 aromatic heterocycles. The normalized spacial score (nSPS) is 13.1. The van der Waals surface area contributed by atoms with Crippen molar-refractivity contribution in [1.29, 1.82) is 0 Å². The maximum atomic E-state index is 11.7. The highest BCUT2D eigenvalue weighted by Crippen LogP contribution is 2.13. The molecule has 15 heavy (non-hydrogen) atoms. The first-order valence-electron chi connectivity index (χ1n) is 5.62. The molecule has 0 fully saturated rings. The zero-order chi connectivity index (χ0) is 11.4. The van der Waals surface area contributed by atoms with E-state index in [1.807, 2.05) is 0 Å². The van der Waals surface area contributed by atoms with Crippen molar-refractivity contribution in [2.45, 2.75) is 46.5 Å². The van der Waals surface area contributed by atoms with Gasteiger partial charge in [-0.1, -0.05) is 27.7 Å². The van der Waals surface area contributed by atoms with Crippen LogP contribution in [-0.2, 0) is 6.42 Å². The molecule has 0 radical (unpaired) electrons. The maximum Gasteiger partial charge on any atom is 0.269 e. The van der Waals surface area contributed by atoms with Crippen LogP contribution >= 0.6 is 0 Å². The lowest BCUT2D eigenvalue weighted by atomic mass is 10.1. The van der Waals surface area contributed by atoms with Crippen molar-refractivity contribution in [2.24, 2.45) is 5.92 Å². The summed E-state index contributed by atoms with van der Waals surface area (Å²) in [5, 5.41) is 0. The maximum absolute atomic E-state index is 11.7. The van der Waals surface area contributed by atoms with E-state index < -0.39 is 0 Å². The van der Waals surface area contributed by atoms with Crippen molar-refractivity contribution in [3.8, 4) is 0 Å². The lowest BCUT2D eigenvalue weighted by Crippen LogP contribution is -2.19. The van der Waals surface area contributed by atoms with E-state index in [0.717, 1.165) is 18.5 Å². The Bertz CT molecular complexity index is 368. The molecule has 0 bridgehead atoms. The number of H-pyrrole nitrogens is 1. The van der Waals surface area contributed by atoms with Gasteiger partial charge >= 0.3 is 0 Å². The summed E-state index contributed by atoms with van der Waals surface area (Å²) >= 11 is 0. The first-order chi connectivity index (χ1) is 7.04. The molecule has 3 nitrogen and oxygen atoms in total. The summed E-state index contributed by atoms with van der Waals surface area (Å²) in [5.74, 6) is 0.839. The quantitative estimate of drug-likeness (QED) is 0.826. The van der Waals surface area contributed by atoms with Crippen LogP contribution in [-0.4, -0.2) is 9.97 Å². The fourth-order valence-corrected chi connectivity index (χ4v) is 1.44. The topological polar surface area (TPSA) is 45.8 Å². The van der Waals surface area contributed by atoms with Gasteiger partial charge in [-0.3, -0.25) is 9.78 Å². The van der Waals surface area contributed by atoms with Gasteiger partial charge < -0.3 is 4.98 Å². The number of aromatic nitrogens is 2. The highest BCUT2D eigenvalue weighted by Gasteiger charge is 2.08. The van der Waals surface area contributed by atoms with Crippen LogP contribution in [0.3, 0.4) is 0 Å². The Balaban J connectivity index is 2.93. The Morgan fingerprint density at radius 1 is 1.40 bits per heavy atom. The first kappa shape index (κ1) is 12.0. The summed E-state index contributed by atoms with van der Waals surface area (Å²) < 4.78 is 0. The molecular formula is C12H20N2O. The second-order valence-corrected chi connectivity index (χ2v) is 4.52. The van der Waals surface area contributed by atoms with Crippen LogP contribution in [0.15, 0.2) is 11.0 Å². The van der Waals surface area contributed by atoms with Gasteiger partial charge in [0.15, 0.2) is 0 Å². The second-order valence-electron chi connectivity index (χ2n) is 4.52. The number of nitrogens with one attached hydrogen (secondary N) is 1. The fraction of sp³-hybridized carbons (Fsp3) is 0.667. The molecule has 0 aromatic carbocycles. The molecule has 0 aliphatic heterocycles. The first-order valence-corrected chi connectivity index (χ1v) is 5.62. The molecule has 0 saturated heterocycles. The Kier molecular flexibility index (Phi) is 4.06. The Morgan fingerprint density at radius 3 is 2.53 bits per heavy atom. The molecule has 1 heterocycles. The molecule has 1 rings (SSSR count). The van der Waals surface area contributed by atoms with Crippen LogP contribution in [0.2, 0.25) is 0 Å². The van der Waals surface area contributed by atoms with Crippen molar-refractivity contribution in [3.05, 3.63) is 27.9 Å². The highest BCUT2D eigenvalue weighted by atomic mass is 16.1. The molecule has 0 unspecified atom stereocenters. The lowest BCUT2D eigenvalue weighted by molar-refractivity contribution is 0.621. The molecule has 1 N–H and O–H groups in total. The zero-order valence-electron chi connectivity index (χ0n) is 10.0. The molecule has 3 heteroatoms. The van der Waals surface area contributed by atoms with Crippen LogP contribution < -0.4 is 5.56 Å². The molecular weight excluding hydrogens is 188 g/mol. The van der Waals surface area contributed by atoms with E-state index in [1.54, 1.807) is 6.20 Å². The average molecular weight is 208 g/mol. The smallest absolute Gasteiger partial charge is 0.269 e. The third kappa shape index (κ3) is 3.18. The van der Waals surface area contributed by atoms with Gasteiger partial charge in [0.25, 0.3) is 5.56 Å². The molecule has 0 aliphatic carbocycles. The van der Waals surface area contributed by atoms with Crippen molar-refractivity contribution < 1.29 is 0 Å². The predicted octanol–water partition coefficient (Wildman–Crippen LogP) is 2.48. The summed E-state index contributed by atoms with van der Waals surface area (Å²) in [6.45, 7) is 8.37. The van der Waals surface area contributed by atoms with Gasteiger partial charge in [0, 0.05) is 11.9 Å². The van der Waals surface area contributed by atoms with Gasteiger partial charge in [0.1, 0.15) is 5.69 Å². The van der Waals surface area contributed by atoms with Crippen molar-refractivity contribution in [1.82, 2.24) is 9.97 Å². The number of hydrogen-bond acceptors (Lipinski definition) is 2. The number of aromatic amines is 1. The van der Waals surface area contributed by atoms with Crippen LogP contribution in [0.4, 0.5) is 0 Å². The average Bonchev–Trinajstić information content (AvgIpc) is 2.19. The minimum Gasteiger partial charge on any atom is -0.323 e. The van der Waals surface area contributed by atoms with Crippen molar-refractivity contribution in [3.63, 3.8) is 0 Å². The lowest BCUT2D eigenvalue weighted by Gasteiger charge is -2.09. The van der Waals surface area contributed by atoms with Gasteiger partial charge in [-0.2, -0.15) is 0 Å². The summed E-state index contributed by atoms with van der Waals surface area (Å²) in [6.07, 6.45) is 3.56. The SMILES string of the molecule is CC[C@@H](C)c1cnc(CC(C)C)c(=O)[nH]1. The van der Waals surface area contributed by atoms with E-state index in [-0.39, 0.29) is 5.56 Å². The third-order valence-corrected chi connectivity index (χ3v) is 2.62. The predicted molar refractivity (Wildman–Crippen MR) is 62.1 cm³/mol. The van der Waals surface area contributed by atoms with Crippen LogP contribution in [0, 0.1) is 5.92 Å². The Morgan fingerprint density at radius 2 is 2.07 bits per heavy atom. The highest BCUT2D eigenvalue weighted by molar-refractivity contribution is 5.07. The number of rotatable bonds is 4. The monoisotopic (exact) mass is 208 g/mol. The van der Waals surface area contributed by atoms with Gasteiger partial charge in [-0.25, -0.2) is 0 Å². The van der Waals surface area contributed by atoms with Crippen LogP contribution in [0.25, 0.3) is 0 Å². The largest absolute Gasteiger partial charge is 0.323 e. The van der Waals surface area contributed by atoms with E-state index in [4.69, 9.17) is 0 Å². The van der Waals surface area contributed by atoms with Gasteiger partial charge in [-0.15, -0.1) is 0 Å². The second kappa shape index (κ2) is 5.10. The molecule has 0 spiro atoms. The van der Waals surface area contributed by atoms with E-state index in [0.29, 0.717) is 17.5 Å².